The van der Waals surface area contributed by atoms with E-state index in [0.717, 1.165) is 57.8 Å². The molecule has 0 rings (SSSR count). The van der Waals surface area contributed by atoms with Crippen LogP contribution in [0.4, 0.5) is 0 Å². The van der Waals surface area contributed by atoms with Crippen LogP contribution in [0.5, 0.6) is 0 Å². The van der Waals surface area contributed by atoms with E-state index < -0.39 is 12.1 Å². The normalized spacial score (nSPS) is 12.7. The molecule has 3 N–H and O–H groups in total. The first-order chi connectivity index (χ1) is 46.0. The highest BCUT2D eigenvalue weighted by Crippen LogP contribution is 2.20. The van der Waals surface area contributed by atoms with Crippen LogP contribution in [0.2, 0.25) is 0 Å². The van der Waals surface area contributed by atoms with E-state index in [-0.39, 0.29) is 18.5 Å². The fourth-order valence-electron chi connectivity index (χ4n) is 13.4. The Morgan fingerprint density at radius 1 is 0.301 bits per heavy atom. The van der Waals surface area contributed by atoms with Gasteiger partial charge in [-0.15, -0.1) is 0 Å². The van der Waals surface area contributed by atoms with Crippen LogP contribution in [0.25, 0.3) is 0 Å². The number of carbonyl (C=O) groups excluding carboxylic acids is 2. The highest BCUT2D eigenvalue weighted by Gasteiger charge is 2.20. The Bertz CT molecular complexity index is 1550. The van der Waals surface area contributed by atoms with E-state index in [4.69, 9.17) is 4.74 Å². The summed E-state index contributed by atoms with van der Waals surface area (Å²) in [7, 11) is 0. The average molecular weight is 1310 g/mol. The smallest absolute Gasteiger partial charge is 0.305 e. The van der Waals surface area contributed by atoms with E-state index >= 15 is 0 Å². The lowest BCUT2D eigenvalue weighted by molar-refractivity contribution is -0.143. The van der Waals surface area contributed by atoms with Crippen molar-refractivity contribution in [2.24, 2.45) is 0 Å². The minimum atomic E-state index is -0.665. The van der Waals surface area contributed by atoms with E-state index in [1.54, 1.807) is 0 Å². The van der Waals surface area contributed by atoms with Gasteiger partial charge in [-0.1, -0.05) is 416 Å². The van der Waals surface area contributed by atoms with Gasteiger partial charge in [-0.3, -0.25) is 9.59 Å². The Morgan fingerprint density at radius 3 is 0.828 bits per heavy atom. The van der Waals surface area contributed by atoms with Crippen LogP contribution >= 0.6 is 0 Å². The number of ether oxygens (including phenoxy) is 1. The molecule has 6 heteroatoms. The van der Waals surface area contributed by atoms with Gasteiger partial charge in [-0.25, -0.2) is 0 Å². The van der Waals surface area contributed by atoms with E-state index in [0.29, 0.717) is 25.9 Å². The minimum Gasteiger partial charge on any atom is -0.466 e. The summed E-state index contributed by atoms with van der Waals surface area (Å²) in [5.74, 6) is -0.0172. The fourth-order valence-corrected chi connectivity index (χ4v) is 13.4. The summed E-state index contributed by atoms with van der Waals surface area (Å²) in [5.41, 5.74) is 0. The van der Waals surface area contributed by atoms with Crippen molar-refractivity contribution >= 4 is 11.9 Å². The molecular formula is C87H165NO5. The molecule has 6 nitrogen and oxygen atoms in total. The second-order valence-corrected chi connectivity index (χ2v) is 29.2. The maximum Gasteiger partial charge on any atom is 0.305 e. The number of hydrogen-bond acceptors (Lipinski definition) is 5. The Labute approximate surface area is 582 Å². The molecule has 0 radical (unpaired) electrons. The topological polar surface area (TPSA) is 95.9 Å². The van der Waals surface area contributed by atoms with E-state index in [1.807, 2.05) is 0 Å². The van der Waals surface area contributed by atoms with Crippen LogP contribution in [-0.2, 0) is 14.3 Å². The van der Waals surface area contributed by atoms with Gasteiger partial charge in [0.1, 0.15) is 0 Å². The molecule has 0 heterocycles. The number of unbranched alkanes of at least 4 members (excludes halogenated alkanes) is 61. The molecule has 0 saturated carbocycles. The predicted octanol–water partition coefficient (Wildman–Crippen LogP) is 28.3. The maximum atomic E-state index is 12.6. The van der Waals surface area contributed by atoms with Crippen molar-refractivity contribution in [3.63, 3.8) is 0 Å². The Morgan fingerprint density at radius 2 is 0.538 bits per heavy atom. The molecule has 0 fully saturated rings. The first-order valence-corrected chi connectivity index (χ1v) is 42.4. The van der Waals surface area contributed by atoms with E-state index in [1.165, 1.54) is 379 Å². The SMILES string of the molecule is CCCCCC/C=C\C/C=C\CCCCCCCCCC(=O)OCCCCCCCCCCCCC/C=C\C/C=C\CCCCCCCCCCCCCCCCCCCC(=O)NC(CO)C(O)CCCCCCCCCCCCCCCCCCCCCCCCC. The van der Waals surface area contributed by atoms with Gasteiger partial charge in [-0.05, 0) is 89.9 Å². The summed E-state index contributed by atoms with van der Waals surface area (Å²) >= 11 is 0. The first kappa shape index (κ1) is 90.8. The number of nitrogens with one attached hydrogen (secondary N) is 1. The number of aliphatic hydroxyl groups is 2. The third-order valence-corrected chi connectivity index (χ3v) is 19.9. The molecule has 0 spiro atoms. The van der Waals surface area contributed by atoms with E-state index in [2.05, 4.69) is 67.8 Å². The third-order valence-electron chi connectivity index (χ3n) is 19.9. The minimum absolute atomic E-state index is 0.0101. The second kappa shape index (κ2) is 82.2. The quantitative estimate of drug-likeness (QED) is 0.0320. The molecule has 2 unspecified atom stereocenters. The van der Waals surface area contributed by atoms with Crippen LogP contribution < -0.4 is 5.32 Å². The average Bonchev–Trinajstić information content (AvgIpc) is 3.72. The van der Waals surface area contributed by atoms with Gasteiger partial charge in [0.05, 0.1) is 25.4 Å². The van der Waals surface area contributed by atoms with Gasteiger partial charge in [0.15, 0.2) is 0 Å². The summed E-state index contributed by atoms with van der Waals surface area (Å²) < 4.78 is 5.51. The number of hydrogen-bond donors (Lipinski definition) is 3. The van der Waals surface area contributed by atoms with Crippen LogP contribution in [0, 0.1) is 0 Å². The number of carbonyl (C=O) groups is 2. The van der Waals surface area contributed by atoms with Crippen molar-refractivity contribution in [1.82, 2.24) is 5.32 Å². The molecule has 0 saturated heterocycles. The molecule has 0 aromatic rings. The summed E-state index contributed by atoms with van der Waals surface area (Å²) in [6.07, 6.45) is 109. The zero-order chi connectivity index (χ0) is 67.0. The van der Waals surface area contributed by atoms with Crippen LogP contribution in [-0.4, -0.2) is 47.4 Å². The predicted molar refractivity (Wildman–Crippen MR) is 412 cm³/mol. The highest BCUT2D eigenvalue weighted by atomic mass is 16.5. The molecular weight excluding hydrogens is 1140 g/mol. The van der Waals surface area contributed by atoms with Crippen LogP contribution in [0.15, 0.2) is 48.6 Å². The Balaban J connectivity index is 3.37. The number of allylic oxidation sites excluding steroid dienone is 8. The molecule has 2 atom stereocenters. The number of rotatable bonds is 80. The number of esters is 1. The van der Waals surface area contributed by atoms with Gasteiger partial charge in [0.25, 0.3) is 0 Å². The standard InChI is InChI=1S/C87H165NO5/c1-3-5-7-9-11-13-15-17-19-21-23-24-38-41-44-47-51-55-59-63-67-71-75-79-85(90)84(83-89)88-86(91)80-76-72-68-64-60-56-52-48-45-42-39-36-34-32-30-28-26-25-27-29-31-33-35-37-40-43-46-50-54-58-62-66-70-74-78-82-93-87(92)81-77-73-69-65-61-57-53-49-22-20-18-16-14-12-10-8-6-4-2/h14,16,20,22,27,29,33,35,84-85,89-90H,3-13,15,17-19,21,23-26,28,30-32,34,36-83H2,1-2H3,(H,88,91)/b16-14-,22-20-,29-27-,35-33-. The second-order valence-electron chi connectivity index (χ2n) is 29.2. The van der Waals surface area contributed by atoms with Crippen LogP contribution in [0.3, 0.4) is 0 Å². The lowest BCUT2D eigenvalue weighted by atomic mass is 10.0. The summed E-state index contributed by atoms with van der Waals surface area (Å²) in [5, 5.41) is 23.5. The summed E-state index contributed by atoms with van der Waals surface area (Å²) in [6, 6.07) is -0.542. The van der Waals surface area contributed by atoms with Gasteiger partial charge in [-0.2, -0.15) is 0 Å². The van der Waals surface area contributed by atoms with Crippen molar-refractivity contribution in [3.8, 4) is 0 Å². The van der Waals surface area contributed by atoms with Gasteiger partial charge >= 0.3 is 5.97 Å². The molecule has 548 valence electrons. The zero-order valence-electron chi connectivity index (χ0n) is 63.0. The molecule has 0 aliphatic carbocycles. The third kappa shape index (κ3) is 78.7. The molecule has 1 amide bonds. The van der Waals surface area contributed by atoms with Crippen molar-refractivity contribution in [2.75, 3.05) is 13.2 Å². The lowest BCUT2D eigenvalue weighted by Gasteiger charge is -2.22. The van der Waals surface area contributed by atoms with Crippen molar-refractivity contribution in [1.29, 1.82) is 0 Å². The number of amides is 1. The van der Waals surface area contributed by atoms with Crippen molar-refractivity contribution in [2.45, 2.75) is 482 Å². The Hall–Kier alpha value is -2.18. The zero-order valence-corrected chi connectivity index (χ0v) is 63.0. The van der Waals surface area contributed by atoms with Crippen molar-refractivity contribution in [3.05, 3.63) is 48.6 Å². The first-order valence-electron chi connectivity index (χ1n) is 42.4. The highest BCUT2D eigenvalue weighted by molar-refractivity contribution is 5.76. The maximum absolute atomic E-state index is 12.6. The summed E-state index contributed by atoms with van der Waals surface area (Å²) in [4.78, 5) is 24.7. The van der Waals surface area contributed by atoms with Gasteiger partial charge in [0.2, 0.25) is 5.91 Å². The molecule has 0 aromatic heterocycles. The fraction of sp³-hybridized carbons (Fsp3) is 0.885. The van der Waals surface area contributed by atoms with Gasteiger partial charge in [0, 0.05) is 12.8 Å². The molecule has 93 heavy (non-hydrogen) atoms. The molecule has 0 bridgehead atoms. The van der Waals surface area contributed by atoms with Gasteiger partial charge < -0.3 is 20.3 Å². The monoisotopic (exact) mass is 1300 g/mol. The molecule has 0 aliphatic heterocycles. The molecule has 0 aliphatic rings. The Kier molecular flexibility index (Phi) is 80.3. The number of aliphatic hydroxyl groups excluding tert-OH is 2. The van der Waals surface area contributed by atoms with E-state index in [9.17, 15) is 19.8 Å². The lowest BCUT2D eigenvalue weighted by Crippen LogP contribution is -2.45. The summed E-state index contributed by atoms with van der Waals surface area (Å²) in [6.45, 7) is 4.98. The largest absolute Gasteiger partial charge is 0.466 e. The molecule has 0 aromatic carbocycles. The van der Waals surface area contributed by atoms with Crippen LogP contribution in [0.1, 0.15) is 470 Å². The van der Waals surface area contributed by atoms with Crippen molar-refractivity contribution < 1.29 is 24.5 Å².